The van der Waals surface area contributed by atoms with Gasteiger partial charge in [0.2, 0.25) is 5.91 Å². The van der Waals surface area contributed by atoms with Gasteiger partial charge in [-0.3, -0.25) is 14.7 Å². The van der Waals surface area contributed by atoms with E-state index in [4.69, 9.17) is 26.2 Å². The molecule has 1 aromatic carbocycles. The second-order valence-corrected chi connectivity index (χ2v) is 11.0. The monoisotopic (exact) mass is 585 g/mol. The number of pyridine rings is 2. The number of carbonyl (C=O) groups is 2. The van der Waals surface area contributed by atoms with Crippen molar-refractivity contribution in [2.24, 2.45) is 0 Å². The standard InChI is InChI=1S/C29H33ClFN5O5/c1-29(2,3)41-28(39)36-10-12-40-26-21(15-24(34-27(26)36)22-14-19(30)5-6-23(22)31)18-13-20(17-32-16-18)33-25(38)7-8-35(4)9-11-37/h5-6,13-17,37H,7-12H2,1-4H3,(H,33,38). The zero-order chi connectivity index (χ0) is 29.7. The van der Waals surface area contributed by atoms with E-state index < -0.39 is 17.5 Å². The predicted molar refractivity (Wildman–Crippen MR) is 155 cm³/mol. The average Bonchev–Trinajstić information content (AvgIpc) is 2.91. The number of aliphatic hydroxyl groups is 1. The zero-order valence-corrected chi connectivity index (χ0v) is 24.2. The lowest BCUT2D eigenvalue weighted by Crippen LogP contribution is -2.42. The summed E-state index contributed by atoms with van der Waals surface area (Å²) in [7, 11) is 1.82. The summed E-state index contributed by atoms with van der Waals surface area (Å²) >= 11 is 6.18. The van der Waals surface area contributed by atoms with Crippen molar-refractivity contribution < 1.29 is 28.6 Å². The van der Waals surface area contributed by atoms with Crippen LogP contribution in [0.5, 0.6) is 5.75 Å². The second kappa shape index (κ2) is 12.8. The predicted octanol–water partition coefficient (Wildman–Crippen LogP) is 4.99. The van der Waals surface area contributed by atoms with Gasteiger partial charge in [-0.25, -0.2) is 14.2 Å². The number of hydrogen-bond acceptors (Lipinski definition) is 8. The molecular formula is C29H33ClFN5O5. The third-order valence-electron chi connectivity index (χ3n) is 6.13. The van der Waals surface area contributed by atoms with E-state index in [9.17, 15) is 14.0 Å². The summed E-state index contributed by atoms with van der Waals surface area (Å²) < 4.78 is 26.6. The Morgan fingerprint density at radius 3 is 2.71 bits per heavy atom. The molecule has 0 aliphatic carbocycles. The molecule has 2 N–H and O–H groups in total. The quantitative estimate of drug-likeness (QED) is 0.380. The molecule has 4 rings (SSSR count). The first-order valence-corrected chi connectivity index (χ1v) is 13.5. The number of halogens is 2. The Kier molecular flexibility index (Phi) is 9.42. The normalized spacial score (nSPS) is 13.0. The van der Waals surface area contributed by atoms with E-state index in [-0.39, 0.29) is 49.2 Å². The van der Waals surface area contributed by atoms with Crippen LogP contribution in [0.1, 0.15) is 27.2 Å². The van der Waals surface area contributed by atoms with E-state index in [0.717, 1.165) is 0 Å². The number of fused-ring (bicyclic) bond motifs is 1. The van der Waals surface area contributed by atoms with Gasteiger partial charge in [0.25, 0.3) is 0 Å². The van der Waals surface area contributed by atoms with Crippen molar-refractivity contribution in [1.29, 1.82) is 0 Å². The van der Waals surface area contributed by atoms with E-state index in [1.165, 1.54) is 29.3 Å². The van der Waals surface area contributed by atoms with E-state index in [0.29, 0.717) is 40.7 Å². The Hall–Kier alpha value is -3.80. The number of aromatic nitrogens is 2. The van der Waals surface area contributed by atoms with Gasteiger partial charge < -0.3 is 24.8 Å². The van der Waals surface area contributed by atoms with Crippen LogP contribution in [-0.2, 0) is 9.53 Å². The molecule has 0 spiro atoms. The van der Waals surface area contributed by atoms with Crippen molar-refractivity contribution in [3.63, 3.8) is 0 Å². The number of aliphatic hydroxyl groups excluding tert-OH is 1. The molecule has 0 radical (unpaired) electrons. The summed E-state index contributed by atoms with van der Waals surface area (Å²) in [5.74, 6) is -0.305. The molecule has 3 aromatic rings. The maximum Gasteiger partial charge on any atom is 0.416 e. The van der Waals surface area contributed by atoms with Crippen molar-refractivity contribution >= 4 is 35.1 Å². The summed E-state index contributed by atoms with van der Waals surface area (Å²) in [4.78, 5) is 37.8. The van der Waals surface area contributed by atoms with Gasteiger partial charge in [-0.15, -0.1) is 0 Å². The molecule has 0 saturated heterocycles. The highest BCUT2D eigenvalue weighted by Gasteiger charge is 2.32. The number of hydrogen-bond donors (Lipinski definition) is 2. The molecule has 3 heterocycles. The van der Waals surface area contributed by atoms with Crippen LogP contribution in [0, 0.1) is 5.82 Å². The third kappa shape index (κ3) is 7.69. The highest BCUT2D eigenvalue weighted by Crippen LogP contribution is 2.43. The molecule has 0 saturated carbocycles. The topological polar surface area (TPSA) is 117 Å². The van der Waals surface area contributed by atoms with E-state index in [1.54, 1.807) is 39.1 Å². The van der Waals surface area contributed by atoms with Crippen molar-refractivity contribution in [1.82, 2.24) is 14.9 Å². The molecule has 41 heavy (non-hydrogen) atoms. The van der Waals surface area contributed by atoms with E-state index >= 15 is 0 Å². The molecular weight excluding hydrogens is 553 g/mol. The van der Waals surface area contributed by atoms with Crippen LogP contribution in [0.2, 0.25) is 5.02 Å². The number of likely N-dealkylation sites (N-methyl/N-ethyl adjacent to an activating group) is 1. The Morgan fingerprint density at radius 2 is 1.98 bits per heavy atom. The first-order valence-electron chi connectivity index (χ1n) is 13.1. The van der Waals surface area contributed by atoms with Crippen LogP contribution >= 0.6 is 11.6 Å². The molecule has 12 heteroatoms. The molecule has 2 amide bonds. The first-order chi connectivity index (χ1) is 19.4. The summed E-state index contributed by atoms with van der Waals surface area (Å²) in [5, 5.41) is 12.2. The fourth-order valence-corrected chi connectivity index (χ4v) is 4.36. The minimum Gasteiger partial charge on any atom is -0.487 e. The SMILES string of the molecule is CN(CCO)CCC(=O)Nc1cncc(-c2cc(-c3cc(Cl)ccc3F)nc3c2OCCN3C(=O)OC(C)(C)C)c1. The lowest BCUT2D eigenvalue weighted by molar-refractivity contribution is -0.116. The molecule has 2 aromatic heterocycles. The number of rotatable bonds is 8. The third-order valence-corrected chi connectivity index (χ3v) is 6.36. The van der Waals surface area contributed by atoms with Crippen LogP contribution in [0.4, 0.5) is 20.7 Å². The second-order valence-electron chi connectivity index (χ2n) is 10.6. The number of nitrogens with one attached hydrogen (secondary N) is 1. The van der Waals surface area contributed by atoms with Crippen molar-refractivity contribution in [3.8, 4) is 28.1 Å². The van der Waals surface area contributed by atoms with E-state index in [1.807, 2.05) is 11.9 Å². The summed E-state index contributed by atoms with van der Waals surface area (Å²) in [6.45, 7) is 6.59. The van der Waals surface area contributed by atoms with Gasteiger partial charge >= 0.3 is 6.09 Å². The van der Waals surface area contributed by atoms with Crippen molar-refractivity contribution in [2.75, 3.05) is 50.1 Å². The molecule has 0 bridgehead atoms. The molecule has 218 valence electrons. The van der Waals surface area contributed by atoms with Crippen molar-refractivity contribution in [2.45, 2.75) is 32.8 Å². The smallest absolute Gasteiger partial charge is 0.416 e. The molecule has 1 aliphatic rings. The number of amides is 2. The van der Waals surface area contributed by atoms with Gasteiger partial charge in [0, 0.05) is 47.4 Å². The summed E-state index contributed by atoms with van der Waals surface area (Å²) in [6.07, 6.45) is 2.69. The van der Waals surface area contributed by atoms with Crippen LogP contribution in [0.15, 0.2) is 42.7 Å². The Morgan fingerprint density at radius 1 is 1.20 bits per heavy atom. The minimum absolute atomic E-state index is 0.00877. The number of anilines is 2. The van der Waals surface area contributed by atoms with Crippen molar-refractivity contribution in [3.05, 3.63) is 53.6 Å². The minimum atomic E-state index is -0.752. The van der Waals surface area contributed by atoms with Gasteiger partial charge in [0.15, 0.2) is 11.6 Å². The fraction of sp³-hybridized carbons (Fsp3) is 0.379. The molecule has 1 aliphatic heterocycles. The highest BCUT2D eigenvalue weighted by molar-refractivity contribution is 6.30. The zero-order valence-electron chi connectivity index (χ0n) is 23.4. The largest absolute Gasteiger partial charge is 0.487 e. The fourth-order valence-electron chi connectivity index (χ4n) is 4.18. The molecule has 0 fully saturated rings. The van der Waals surface area contributed by atoms with Gasteiger partial charge in [0.1, 0.15) is 18.0 Å². The van der Waals surface area contributed by atoms with Crippen LogP contribution in [-0.4, -0.2) is 77.5 Å². The number of ether oxygens (including phenoxy) is 2. The maximum absolute atomic E-state index is 15.0. The van der Waals surface area contributed by atoms with Gasteiger partial charge in [0.05, 0.1) is 30.7 Å². The van der Waals surface area contributed by atoms with Gasteiger partial charge in [-0.05, 0) is 58.2 Å². The lowest BCUT2D eigenvalue weighted by atomic mass is 10.0. The van der Waals surface area contributed by atoms with Crippen LogP contribution < -0.4 is 15.0 Å². The summed E-state index contributed by atoms with van der Waals surface area (Å²) in [5.41, 5.74) is 1.09. The molecule has 0 atom stereocenters. The lowest BCUT2D eigenvalue weighted by Gasteiger charge is -2.32. The van der Waals surface area contributed by atoms with Gasteiger partial charge in [-0.1, -0.05) is 11.6 Å². The molecule has 0 unspecified atom stereocenters. The highest BCUT2D eigenvalue weighted by atomic mass is 35.5. The Labute approximate surface area is 243 Å². The summed E-state index contributed by atoms with van der Waals surface area (Å²) in [6, 6.07) is 7.49. The number of carbonyl (C=O) groups excluding carboxylic acids is 2. The average molecular weight is 586 g/mol. The van der Waals surface area contributed by atoms with Gasteiger partial charge in [-0.2, -0.15) is 0 Å². The Bertz CT molecular complexity index is 1430. The first kappa shape index (κ1) is 30.2. The maximum atomic E-state index is 15.0. The number of nitrogens with zero attached hydrogens (tertiary/aromatic N) is 4. The molecule has 10 nitrogen and oxygen atoms in total. The van der Waals surface area contributed by atoms with Crippen LogP contribution in [0.25, 0.3) is 22.4 Å². The number of benzene rings is 1. The van der Waals surface area contributed by atoms with E-state index in [2.05, 4.69) is 15.3 Å². The van der Waals surface area contributed by atoms with Crippen LogP contribution in [0.3, 0.4) is 0 Å². The Balaban J connectivity index is 1.76.